The van der Waals surface area contributed by atoms with Gasteiger partial charge in [0.1, 0.15) is 0 Å². The van der Waals surface area contributed by atoms with Crippen LogP contribution in [0.2, 0.25) is 0 Å². The highest BCUT2D eigenvalue weighted by molar-refractivity contribution is 7.92. The van der Waals surface area contributed by atoms with Crippen molar-refractivity contribution >= 4 is 21.6 Å². The van der Waals surface area contributed by atoms with Crippen molar-refractivity contribution in [1.82, 2.24) is 4.90 Å². The SMILES string of the molecule is O=C(C1CCCC1)N1[C@@H]2CN(S(=O)(=O)c3ccccc3)c3ccccc3[C@@H]2[C@@H]1CO. The minimum Gasteiger partial charge on any atom is -0.394 e. The summed E-state index contributed by atoms with van der Waals surface area (Å²) in [6, 6.07) is 15.4. The summed E-state index contributed by atoms with van der Waals surface area (Å²) in [5.74, 6) is 0.0272. The van der Waals surface area contributed by atoms with Gasteiger partial charge in [0.15, 0.2) is 0 Å². The van der Waals surface area contributed by atoms with E-state index in [4.69, 9.17) is 0 Å². The first-order valence-corrected chi connectivity index (χ1v) is 12.1. The second-order valence-corrected chi connectivity index (χ2v) is 10.3. The molecular formula is C23H26N2O4S. The Labute approximate surface area is 177 Å². The molecule has 30 heavy (non-hydrogen) atoms. The van der Waals surface area contributed by atoms with E-state index in [9.17, 15) is 18.3 Å². The predicted molar refractivity (Wildman–Crippen MR) is 114 cm³/mol. The van der Waals surface area contributed by atoms with E-state index < -0.39 is 10.0 Å². The van der Waals surface area contributed by atoms with Crippen molar-refractivity contribution < 1.29 is 18.3 Å². The summed E-state index contributed by atoms with van der Waals surface area (Å²) in [6.45, 7) is 0.104. The molecule has 1 saturated heterocycles. The quantitative estimate of drug-likeness (QED) is 0.816. The third-order valence-corrected chi connectivity index (χ3v) is 8.73. The molecule has 0 spiro atoms. The molecule has 0 radical (unpaired) electrons. The fourth-order valence-corrected chi connectivity index (χ4v) is 7.02. The molecule has 0 bridgehead atoms. The number of para-hydroxylation sites is 1. The average molecular weight is 427 g/mol. The monoisotopic (exact) mass is 426 g/mol. The van der Waals surface area contributed by atoms with Gasteiger partial charge in [-0.2, -0.15) is 0 Å². The number of benzene rings is 2. The lowest BCUT2D eigenvalue weighted by Gasteiger charge is -2.59. The van der Waals surface area contributed by atoms with Crippen LogP contribution < -0.4 is 4.31 Å². The molecule has 2 aliphatic heterocycles. The number of sulfonamides is 1. The first-order chi connectivity index (χ1) is 14.5. The number of nitrogens with zero attached hydrogens (tertiary/aromatic N) is 2. The molecule has 3 atom stereocenters. The first-order valence-electron chi connectivity index (χ1n) is 10.6. The number of fused-ring (bicyclic) bond motifs is 3. The Morgan fingerprint density at radius 1 is 1.00 bits per heavy atom. The number of carbonyl (C=O) groups is 1. The number of hydrogen-bond acceptors (Lipinski definition) is 4. The Morgan fingerprint density at radius 3 is 2.37 bits per heavy atom. The van der Waals surface area contributed by atoms with E-state index >= 15 is 0 Å². The molecule has 1 N–H and O–H groups in total. The second kappa shape index (κ2) is 7.39. The van der Waals surface area contributed by atoms with Crippen LogP contribution >= 0.6 is 0 Å². The Balaban J connectivity index is 1.55. The van der Waals surface area contributed by atoms with Gasteiger partial charge < -0.3 is 10.0 Å². The zero-order valence-electron chi connectivity index (χ0n) is 16.7. The number of amides is 1. The summed E-state index contributed by atoms with van der Waals surface area (Å²) in [5.41, 5.74) is 1.54. The number of aliphatic hydroxyl groups is 1. The van der Waals surface area contributed by atoms with Gasteiger partial charge in [-0.25, -0.2) is 8.42 Å². The maximum atomic E-state index is 13.5. The highest BCUT2D eigenvalue weighted by atomic mass is 32.2. The van der Waals surface area contributed by atoms with Crippen LogP contribution in [0.4, 0.5) is 5.69 Å². The second-order valence-electron chi connectivity index (χ2n) is 8.48. The van der Waals surface area contributed by atoms with Gasteiger partial charge in [-0.3, -0.25) is 9.10 Å². The number of carbonyl (C=O) groups excluding carboxylic acids is 1. The molecule has 6 nitrogen and oxygen atoms in total. The third-order valence-electron chi connectivity index (χ3n) is 6.94. The third kappa shape index (κ3) is 2.87. The molecule has 7 heteroatoms. The van der Waals surface area contributed by atoms with Crippen LogP contribution in [0.25, 0.3) is 0 Å². The zero-order valence-corrected chi connectivity index (χ0v) is 17.5. The maximum Gasteiger partial charge on any atom is 0.264 e. The van der Waals surface area contributed by atoms with Crippen LogP contribution in [0.5, 0.6) is 0 Å². The molecule has 2 heterocycles. The van der Waals surface area contributed by atoms with E-state index in [-0.39, 0.29) is 47.9 Å². The molecule has 1 aliphatic carbocycles. The molecule has 1 saturated carbocycles. The van der Waals surface area contributed by atoms with Gasteiger partial charge in [-0.05, 0) is 36.6 Å². The van der Waals surface area contributed by atoms with Crippen LogP contribution in [0.15, 0.2) is 59.5 Å². The van der Waals surface area contributed by atoms with Crippen LogP contribution in [0.3, 0.4) is 0 Å². The fraction of sp³-hybridized carbons (Fsp3) is 0.435. The average Bonchev–Trinajstić information content (AvgIpc) is 3.29. The number of likely N-dealkylation sites (tertiary alicyclic amines) is 1. The molecular weight excluding hydrogens is 400 g/mol. The molecule has 1 amide bonds. The molecule has 2 aromatic rings. The number of rotatable bonds is 4. The normalized spacial score (nSPS) is 26.1. The van der Waals surface area contributed by atoms with Crippen molar-refractivity contribution in [3.63, 3.8) is 0 Å². The van der Waals surface area contributed by atoms with Crippen LogP contribution in [0, 0.1) is 5.92 Å². The van der Waals surface area contributed by atoms with Gasteiger partial charge >= 0.3 is 0 Å². The molecule has 5 rings (SSSR count). The number of hydrogen-bond donors (Lipinski definition) is 1. The minimum absolute atomic E-state index is 0.00338. The lowest BCUT2D eigenvalue weighted by Crippen LogP contribution is -2.71. The van der Waals surface area contributed by atoms with Crippen molar-refractivity contribution in [2.75, 3.05) is 17.5 Å². The Hall–Kier alpha value is -2.38. The summed E-state index contributed by atoms with van der Waals surface area (Å²) in [4.78, 5) is 15.3. The number of aliphatic hydroxyl groups excluding tert-OH is 1. The molecule has 0 aromatic heterocycles. The van der Waals surface area contributed by atoms with E-state index in [1.165, 1.54) is 4.31 Å². The maximum absolute atomic E-state index is 13.5. The molecule has 158 valence electrons. The topological polar surface area (TPSA) is 77.9 Å². The van der Waals surface area contributed by atoms with Crippen molar-refractivity contribution in [2.45, 2.75) is 48.6 Å². The van der Waals surface area contributed by atoms with E-state index in [1.807, 2.05) is 24.3 Å². The molecule has 2 aromatic carbocycles. The highest BCUT2D eigenvalue weighted by Crippen LogP contribution is 2.50. The molecule has 3 aliphatic rings. The van der Waals surface area contributed by atoms with Gasteiger partial charge in [0.05, 0.1) is 35.8 Å². The van der Waals surface area contributed by atoms with E-state index in [1.54, 1.807) is 35.2 Å². The van der Waals surface area contributed by atoms with Crippen molar-refractivity contribution in [3.05, 3.63) is 60.2 Å². The Bertz CT molecular complexity index is 1050. The molecule has 0 unspecified atom stereocenters. The van der Waals surface area contributed by atoms with Crippen LogP contribution in [0.1, 0.15) is 37.2 Å². The van der Waals surface area contributed by atoms with Crippen molar-refractivity contribution in [3.8, 4) is 0 Å². The van der Waals surface area contributed by atoms with Gasteiger partial charge in [0.2, 0.25) is 5.91 Å². The van der Waals surface area contributed by atoms with E-state index in [2.05, 4.69) is 0 Å². The van der Waals surface area contributed by atoms with Crippen LogP contribution in [-0.2, 0) is 14.8 Å². The van der Waals surface area contributed by atoms with E-state index in [0.29, 0.717) is 5.69 Å². The first kappa shape index (κ1) is 19.6. The summed E-state index contributed by atoms with van der Waals surface area (Å²) < 4.78 is 28.4. The minimum atomic E-state index is -3.76. The van der Waals surface area contributed by atoms with Gasteiger partial charge in [0.25, 0.3) is 10.0 Å². The zero-order chi connectivity index (χ0) is 20.9. The predicted octanol–water partition coefficient (Wildman–Crippen LogP) is 2.74. The van der Waals surface area contributed by atoms with Crippen molar-refractivity contribution in [2.24, 2.45) is 5.92 Å². The lowest BCUT2D eigenvalue weighted by molar-refractivity contribution is -0.154. The smallest absolute Gasteiger partial charge is 0.264 e. The van der Waals surface area contributed by atoms with Crippen LogP contribution in [-0.4, -0.2) is 49.6 Å². The fourth-order valence-electron chi connectivity index (χ4n) is 5.49. The highest BCUT2D eigenvalue weighted by Gasteiger charge is 2.56. The summed E-state index contributed by atoms with van der Waals surface area (Å²) in [6.07, 6.45) is 3.87. The molecule has 2 fully saturated rings. The van der Waals surface area contributed by atoms with Gasteiger partial charge in [-0.1, -0.05) is 49.2 Å². The van der Waals surface area contributed by atoms with Gasteiger partial charge in [0, 0.05) is 11.8 Å². The summed E-state index contributed by atoms with van der Waals surface area (Å²) in [7, 11) is -3.76. The standard InChI is InChI=1S/C23H26N2O4S/c26-15-21-22-18-12-6-7-13-19(18)24(30(28,29)17-10-2-1-3-11-17)14-20(22)25(21)23(27)16-8-4-5-9-16/h1-3,6-7,10-13,16,20-22,26H,4-5,8-9,14-15H2/t20-,21+,22+/m1/s1. The van der Waals surface area contributed by atoms with Crippen molar-refractivity contribution in [1.29, 1.82) is 0 Å². The summed E-state index contributed by atoms with van der Waals surface area (Å²) >= 11 is 0. The van der Waals surface area contributed by atoms with E-state index in [0.717, 1.165) is 31.2 Å². The van der Waals surface area contributed by atoms with Gasteiger partial charge in [-0.15, -0.1) is 0 Å². The Kier molecular flexibility index (Phi) is 4.82. The number of anilines is 1. The largest absolute Gasteiger partial charge is 0.394 e. The Morgan fingerprint density at radius 2 is 1.67 bits per heavy atom. The summed E-state index contributed by atoms with van der Waals surface area (Å²) in [5, 5.41) is 10.1. The lowest BCUT2D eigenvalue weighted by atomic mass is 9.72.